The molecule has 0 bridgehead atoms. The van der Waals surface area contributed by atoms with Crippen LogP contribution in [0.1, 0.15) is 0 Å². The standard InChI is InChI=1S/C7H9N3O/c1-2-8-7(9-3-1)10-6-4-11-5-6/h1-3,6H,4-5H2,(H,8,9,10). The normalized spacial score (nSPS) is 17.5. The molecule has 1 N–H and O–H groups in total. The third kappa shape index (κ3) is 1.46. The van der Waals surface area contributed by atoms with Crippen LogP contribution in [0.25, 0.3) is 0 Å². The average molecular weight is 151 g/mol. The van der Waals surface area contributed by atoms with E-state index in [9.17, 15) is 0 Å². The van der Waals surface area contributed by atoms with Gasteiger partial charge in [0.1, 0.15) is 0 Å². The van der Waals surface area contributed by atoms with E-state index >= 15 is 0 Å². The molecule has 1 aromatic heterocycles. The molecule has 0 saturated carbocycles. The van der Waals surface area contributed by atoms with Crippen LogP contribution in [-0.4, -0.2) is 29.2 Å². The van der Waals surface area contributed by atoms with Crippen molar-refractivity contribution in [1.29, 1.82) is 0 Å². The molecule has 1 aliphatic heterocycles. The first kappa shape index (κ1) is 6.54. The molecular weight excluding hydrogens is 142 g/mol. The van der Waals surface area contributed by atoms with Crippen molar-refractivity contribution in [1.82, 2.24) is 9.97 Å². The highest BCUT2D eigenvalue weighted by Crippen LogP contribution is 2.05. The Kier molecular flexibility index (Phi) is 1.69. The molecule has 0 spiro atoms. The zero-order valence-corrected chi connectivity index (χ0v) is 6.03. The van der Waals surface area contributed by atoms with Crippen molar-refractivity contribution in [2.45, 2.75) is 6.04 Å². The summed E-state index contributed by atoms with van der Waals surface area (Å²) in [7, 11) is 0. The number of nitrogens with zero attached hydrogens (tertiary/aromatic N) is 2. The molecule has 11 heavy (non-hydrogen) atoms. The van der Waals surface area contributed by atoms with E-state index in [0.717, 1.165) is 13.2 Å². The predicted molar refractivity (Wildman–Crippen MR) is 40.3 cm³/mol. The molecule has 1 saturated heterocycles. The number of nitrogens with one attached hydrogen (secondary N) is 1. The Morgan fingerprint density at radius 3 is 2.64 bits per heavy atom. The molecular formula is C7H9N3O. The monoisotopic (exact) mass is 151 g/mol. The molecule has 1 aliphatic rings. The van der Waals surface area contributed by atoms with Crippen molar-refractivity contribution >= 4 is 5.95 Å². The molecule has 0 aromatic carbocycles. The van der Waals surface area contributed by atoms with Crippen LogP contribution in [0.5, 0.6) is 0 Å². The van der Waals surface area contributed by atoms with Gasteiger partial charge in [-0.3, -0.25) is 0 Å². The minimum absolute atomic E-state index is 0.400. The van der Waals surface area contributed by atoms with Gasteiger partial charge in [0.05, 0.1) is 19.3 Å². The summed E-state index contributed by atoms with van der Waals surface area (Å²) in [6.07, 6.45) is 3.43. The topological polar surface area (TPSA) is 47.0 Å². The van der Waals surface area contributed by atoms with E-state index in [4.69, 9.17) is 4.74 Å². The molecule has 1 aromatic rings. The van der Waals surface area contributed by atoms with Crippen LogP contribution in [0, 0.1) is 0 Å². The van der Waals surface area contributed by atoms with Gasteiger partial charge in [-0.2, -0.15) is 0 Å². The zero-order chi connectivity index (χ0) is 7.52. The average Bonchev–Trinajstić information content (AvgIpc) is 1.99. The Bertz CT molecular complexity index is 222. The smallest absolute Gasteiger partial charge is 0.222 e. The van der Waals surface area contributed by atoms with Crippen LogP contribution in [0.15, 0.2) is 18.5 Å². The molecule has 58 valence electrons. The number of rotatable bonds is 2. The van der Waals surface area contributed by atoms with E-state index in [0.29, 0.717) is 12.0 Å². The van der Waals surface area contributed by atoms with Crippen LogP contribution in [0.4, 0.5) is 5.95 Å². The number of ether oxygens (including phenoxy) is 1. The fraction of sp³-hybridized carbons (Fsp3) is 0.429. The van der Waals surface area contributed by atoms with E-state index in [1.165, 1.54) is 0 Å². The second-order valence-corrected chi connectivity index (χ2v) is 2.45. The lowest BCUT2D eigenvalue weighted by atomic mass is 10.3. The molecule has 2 heterocycles. The van der Waals surface area contributed by atoms with Gasteiger partial charge in [0, 0.05) is 12.4 Å². The first-order valence-corrected chi connectivity index (χ1v) is 3.56. The van der Waals surface area contributed by atoms with Crippen LogP contribution in [-0.2, 0) is 4.74 Å². The second kappa shape index (κ2) is 2.84. The lowest BCUT2D eigenvalue weighted by Crippen LogP contribution is -2.40. The van der Waals surface area contributed by atoms with Crippen molar-refractivity contribution in [3.05, 3.63) is 18.5 Å². The van der Waals surface area contributed by atoms with Gasteiger partial charge in [0.15, 0.2) is 0 Å². The Labute approximate surface area is 64.6 Å². The maximum Gasteiger partial charge on any atom is 0.222 e. The summed E-state index contributed by atoms with van der Waals surface area (Å²) in [5, 5.41) is 3.13. The minimum atomic E-state index is 0.400. The highest BCUT2D eigenvalue weighted by atomic mass is 16.5. The Morgan fingerprint density at radius 1 is 1.36 bits per heavy atom. The van der Waals surface area contributed by atoms with Gasteiger partial charge >= 0.3 is 0 Å². The van der Waals surface area contributed by atoms with E-state index in [1.807, 2.05) is 0 Å². The van der Waals surface area contributed by atoms with Crippen molar-refractivity contribution < 1.29 is 4.74 Å². The van der Waals surface area contributed by atoms with Gasteiger partial charge in [0.25, 0.3) is 0 Å². The van der Waals surface area contributed by atoms with Crippen molar-refractivity contribution in [3.8, 4) is 0 Å². The van der Waals surface area contributed by atoms with Crippen LogP contribution in [0.3, 0.4) is 0 Å². The SMILES string of the molecule is c1cnc(NC2COC2)nc1. The summed E-state index contributed by atoms with van der Waals surface area (Å²) in [5.74, 6) is 0.681. The maximum atomic E-state index is 4.99. The maximum absolute atomic E-state index is 4.99. The fourth-order valence-corrected chi connectivity index (χ4v) is 0.875. The number of hydrogen-bond acceptors (Lipinski definition) is 4. The zero-order valence-electron chi connectivity index (χ0n) is 6.03. The minimum Gasteiger partial charge on any atom is -0.377 e. The Morgan fingerprint density at radius 2 is 2.09 bits per heavy atom. The Hall–Kier alpha value is -1.16. The summed E-state index contributed by atoms with van der Waals surface area (Å²) < 4.78 is 4.99. The largest absolute Gasteiger partial charge is 0.377 e. The second-order valence-electron chi connectivity index (χ2n) is 2.45. The van der Waals surface area contributed by atoms with E-state index in [2.05, 4.69) is 15.3 Å². The molecule has 4 nitrogen and oxygen atoms in total. The van der Waals surface area contributed by atoms with Crippen LogP contribution < -0.4 is 5.32 Å². The summed E-state index contributed by atoms with van der Waals surface area (Å²) >= 11 is 0. The molecule has 1 fully saturated rings. The number of aromatic nitrogens is 2. The summed E-state index contributed by atoms with van der Waals surface area (Å²) in [6, 6.07) is 2.19. The number of hydrogen-bond donors (Lipinski definition) is 1. The van der Waals surface area contributed by atoms with Gasteiger partial charge in [-0.25, -0.2) is 9.97 Å². The molecule has 0 aliphatic carbocycles. The van der Waals surface area contributed by atoms with E-state index in [-0.39, 0.29) is 0 Å². The van der Waals surface area contributed by atoms with Crippen LogP contribution in [0.2, 0.25) is 0 Å². The third-order valence-corrected chi connectivity index (χ3v) is 1.54. The molecule has 0 amide bonds. The van der Waals surface area contributed by atoms with Gasteiger partial charge < -0.3 is 10.1 Å². The Balaban J connectivity index is 1.95. The van der Waals surface area contributed by atoms with E-state index in [1.54, 1.807) is 18.5 Å². The molecule has 4 heteroatoms. The molecule has 0 unspecified atom stereocenters. The van der Waals surface area contributed by atoms with E-state index < -0.39 is 0 Å². The third-order valence-electron chi connectivity index (χ3n) is 1.54. The van der Waals surface area contributed by atoms with Gasteiger partial charge in [-0.15, -0.1) is 0 Å². The summed E-state index contributed by atoms with van der Waals surface area (Å²) in [5.41, 5.74) is 0. The lowest BCUT2D eigenvalue weighted by Gasteiger charge is -2.26. The highest BCUT2D eigenvalue weighted by molar-refractivity contribution is 5.24. The predicted octanol–water partition coefficient (Wildman–Crippen LogP) is 0.287. The number of anilines is 1. The fourth-order valence-electron chi connectivity index (χ4n) is 0.875. The lowest BCUT2D eigenvalue weighted by molar-refractivity contribution is 0.0208. The summed E-state index contributed by atoms with van der Waals surface area (Å²) in [4.78, 5) is 8.05. The van der Waals surface area contributed by atoms with Gasteiger partial charge in [-0.05, 0) is 6.07 Å². The van der Waals surface area contributed by atoms with Crippen molar-refractivity contribution in [2.75, 3.05) is 18.5 Å². The van der Waals surface area contributed by atoms with Crippen molar-refractivity contribution in [3.63, 3.8) is 0 Å². The van der Waals surface area contributed by atoms with Gasteiger partial charge in [0.2, 0.25) is 5.95 Å². The first-order valence-electron chi connectivity index (χ1n) is 3.56. The molecule has 0 radical (unpaired) electrons. The first-order chi connectivity index (χ1) is 5.45. The molecule has 0 atom stereocenters. The van der Waals surface area contributed by atoms with Crippen LogP contribution >= 0.6 is 0 Å². The summed E-state index contributed by atoms with van der Waals surface area (Å²) in [6.45, 7) is 1.52. The molecule has 2 rings (SSSR count). The van der Waals surface area contributed by atoms with Crippen molar-refractivity contribution in [2.24, 2.45) is 0 Å². The quantitative estimate of drug-likeness (QED) is 0.659. The van der Waals surface area contributed by atoms with Gasteiger partial charge in [-0.1, -0.05) is 0 Å². The highest BCUT2D eigenvalue weighted by Gasteiger charge is 2.18.